The van der Waals surface area contributed by atoms with Crippen molar-refractivity contribution in [3.05, 3.63) is 59.2 Å². The second-order valence-corrected chi connectivity index (χ2v) is 5.05. The van der Waals surface area contributed by atoms with Gasteiger partial charge in [-0.3, -0.25) is 4.79 Å². The monoisotopic (exact) mass is 303 g/mol. The molecular formula is C17H18FNO3. The summed E-state index contributed by atoms with van der Waals surface area (Å²) in [5, 5.41) is 21.4. The molecule has 0 aliphatic heterocycles. The fraction of sp³-hybridized carbons (Fsp3) is 0.235. The van der Waals surface area contributed by atoms with E-state index < -0.39 is 6.67 Å². The maximum absolute atomic E-state index is 12.5. The summed E-state index contributed by atoms with van der Waals surface area (Å²) in [5.41, 5.74) is 2.21. The Balaban J connectivity index is 1.81. The minimum absolute atomic E-state index is 0.127. The molecule has 0 aliphatic carbocycles. The van der Waals surface area contributed by atoms with Crippen molar-refractivity contribution in [1.82, 2.24) is 5.32 Å². The van der Waals surface area contributed by atoms with Crippen molar-refractivity contribution in [2.75, 3.05) is 0 Å². The van der Waals surface area contributed by atoms with Crippen LogP contribution in [-0.2, 0) is 24.4 Å². The molecule has 0 fully saturated rings. The number of hydrogen-bond donors (Lipinski definition) is 3. The molecule has 5 heteroatoms. The zero-order chi connectivity index (χ0) is 15.9. The van der Waals surface area contributed by atoms with Crippen molar-refractivity contribution in [2.24, 2.45) is 0 Å². The van der Waals surface area contributed by atoms with Gasteiger partial charge in [0.1, 0.15) is 6.67 Å². The van der Waals surface area contributed by atoms with Crippen LogP contribution in [0.3, 0.4) is 0 Å². The second kappa shape index (κ2) is 7.45. The molecule has 0 radical (unpaired) electrons. The summed E-state index contributed by atoms with van der Waals surface area (Å²) in [7, 11) is 0. The summed E-state index contributed by atoms with van der Waals surface area (Å²) in [6.07, 6.45) is 0.733. The molecule has 2 rings (SSSR count). The van der Waals surface area contributed by atoms with Gasteiger partial charge in [-0.05, 0) is 35.2 Å². The van der Waals surface area contributed by atoms with Crippen molar-refractivity contribution >= 4 is 5.91 Å². The number of carbonyl (C=O) groups excluding carboxylic acids is 1. The predicted molar refractivity (Wildman–Crippen MR) is 81.2 cm³/mol. The summed E-state index contributed by atoms with van der Waals surface area (Å²) in [5.74, 6) is -0.500. The van der Waals surface area contributed by atoms with Crippen molar-refractivity contribution < 1.29 is 19.4 Å². The highest BCUT2D eigenvalue weighted by molar-refractivity contribution is 5.76. The lowest BCUT2D eigenvalue weighted by Gasteiger charge is -2.07. The van der Waals surface area contributed by atoms with Crippen LogP contribution >= 0.6 is 0 Å². The SMILES string of the molecule is O=C(CCc1ccc(O)c(O)c1)NCc1cccc(CF)c1. The molecule has 0 saturated heterocycles. The van der Waals surface area contributed by atoms with Gasteiger partial charge in [-0.1, -0.05) is 30.3 Å². The van der Waals surface area contributed by atoms with E-state index in [2.05, 4.69) is 5.32 Å². The minimum Gasteiger partial charge on any atom is -0.504 e. The van der Waals surface area contributed by atoms with E-state index in [1.807, 2.05) is 6.07 Å². The predicted octanol–water partition coefficient (Wildman–Crippen LogP) is 2.82. The van der Waals surface area contributed by atoms with Crippen LogP contribution in [-0.4, -0.2) is 16.1 Å². The second-order valence-electron chi connectivity index (χ2n) is 5.05. The molecule has 0 atom stereocenters. The van der Waals surface area contributed by atoms with Crippen LogP contribution in [0.25, 0.3) is 0 Å². The third kappa shape index (κ3) is 4.48. The molecule has 0 bridgehead atoms. The highest BCUT2D eigenvalue weighted by Crippen LogP contribution is 2.25. The van der Waals surface area contributed by atoms with Crippen LogP contribution in [0.15, 0.2) is 42.5 Å². The first-order valence-corrected chi connectivity index (χ1v) is 7.00. The van der Waals surface area contributed by atoms with Crippen molar-refractivity contribution in [2.45, 2.75) is 26.1 Å². The van der Waals surface area contributed by atoms with Crippen molar-refractivity contribution in [3.8, 4) is 11.5 Å². The molecule has 3 N–H and O–H groups in total. The molecular weight excluding hydrogens is 285 g/mol. The molecule has 0 aliphatic rings. The molecule has 2 aromatic carbocycles. The number of benzene rings is 2. The van der Waals surface area contributed by atoms with Gasteiger partial charge in [0.15, 0.2) is 11.5 Å². The standard InChI is InChI=1S/C17H18FNO3/c18-10-13-2-1-3-14(8-13)11-19-17(22)7-5-12-4-6-15(20)16(21)9-12/h1-4,6,8-9,20-21H,5,7,10-11H2,(H,19,22). The molecule has 0 spiro atoms. The first-order chi connectivity index (χ1) is 10.6. The van der Waals surface area contributed by atoms with Gasteiger partial charge in [0.25, 0.3) is 0 Å². The average molecular weight is 303 g/mol. The normalized spacial score (nSPS) is 10.4. The van der Waals surface area contributed by atoms with Crippen LogP contribution in [0, 0.1) is 0 Å². The smallest absolute Gasteiger partial charge is 0.220 e. The number of rotatable bonds is 6. The van der Waals surface area contributed by atoms with Gasteiger partial charge in [-0.2, -0.15) is 0 Å². The number of nitrogens with one attached hydrogen (secondary N) is 1. The van der Waals surface area contributed by atoms with Gasteiger partial charge in [0.05, 0.1) is 0 Å². The van der Waals surface area contributed by atoms with Gasteiger partial charge >= 0.3 is 0 Å². The zero-order valence-electron chi connectivity index (χ0n) is 12.1. The molecule has 1 amide bonds. The first-order valence-electron chi connectivity index (χ1n) is 7.00. The Morgan fingerprint density at radius 2 is 1.77 bits per heavy atom. The third-order valence-corrected chi connectivity index (χ3v) is 3.32. The Morgan fingerprint density at radius 3 is 2.50 bits per heavy atom. The van der Waals surface area contributed by atoms with E-state index in [0.29, 0.717) is 18.5 Å². The van der Waals surface area contributed by atoms with Gasteiger partial charge < -0.3 is 15.5 Å². The van der Waals surface area contributed by atoms with E-state index in [1.54, 1.807) is 24.3 Å². The Hall–Kier alpha value is -2.56. The molecule has 0 unspecified atom stereocenters. The summed E-state index contributed by atoms with van der Waals surface area (Å²) in [6.45, 7) is -0.167. The van der Waals surface area contributed by atoms with Crippen LogP contribution in [0.2, 0.25) is 0 Å². The number of aryl methyl sites for hydroxylation is 1. The van der Waals surface area contributed by atoms with Crippen molar-refractivity contribution in [1.29, 1.82) is 0 Å². The van der Waals surface area contributed by atoms with E-state index in [0.717, 1.165) is 11.1 Å². The number of amides is 1. The van der Waals surface area contributed by atoms with Gasteiger partial charge in [-0.15, -0.1) is 0 Å². The maximum Gasteiger partial charge on any atom is 0.220 e. The Morgan fingerprint density at radius 1 is 1.00 bits per heavy atom. The zero-order valence-corrected chi connectivity index (χ0v) is 12.1. The number of halogens is 1. The summed E-state index contributed by atoms with van der Waals surface area (Å²) < 4.78 is 12.5. The number of hydrogen-bond acceptors (Lipinski definition) is 3. The Bertz CT molecular complexity index is 658. The lowest BCUT2D eigenvalue weighted by atomic mass is 10.1. The number of phenolic OH excluding ortho intramolecular Hbond substituents is 2. The summed E-state index contributed by atoms with van der Waals surface area (Å²) in [6, 6.07) is 11.5. The van der Waals surface area contributed by atoms with E-state index in [-0.39, 0.29) is 23.8 Å². The lowest BCUT2D eigenvalue weighted by molar-refractivity contribution is -0.121. The van der Waals surface area contributed by atoms with Crippen LogP contribution in [0.1, 0.15) is 23.1 Å². The molecule has 116 valence electrons. The third-order valence-electron chi connectivity index (χ3n) is 3.32. The molecule has 0 saturated carbocycles. The lowest BCUT2D eigenvalue weighted by Crippen LogP contribution is -2.23. The average Bonchev–Trinajstić information content (AvgIpc) is 2.54. The maximum atomic E-state index is 12.5. The molecule has 0 heterocycles. The minimum atomic E-state index is -0.522. The Labute approximate surface area is 128 Å². The van der Waals surface area contributed by atoms with Gasteiger partial charge in [-0.25, -0.2) is 4.39 Å². The van der Waals surface area contributed by atoms with E-state index in [4.69, 9.17) is 0 Å². The molecule has 22 heavy (non-hydrogen) atoms. The molecule has 0 aromatic heterocycles. The summed E-state index contributed by atoms with van der Waals surface area (Å²) in [4.78, 5) is 11.8. The quantitative estimate of drug-likeness (QED) is 0.719. The van der Waals surface area contributed by atoms with E-state index >= 15 is 0 Å². The van der Waals surface area contributed by atoms with E-state index in [1.165, 1.54) is 12.1 Å². The van der Waals surface area contributed by atoms with Crippen LogP contribution < -0.4 is 5.32 Å². The topological polar surface area (TPSA) is 69.6 Å². The Kier molecular flexibility index (Phi) is 5.36. The van der Waals surface area contributed by atoms with Gasteiger partial charge in [0, 0.05) is 13.0 Å². The largest absolute Gasteiger partial charge is 0.504 e. The molecule has 2 aromatic rings. The van der Waals surface area contributed by atoms with Crippen LogP contribution in [0.4, 0.5) is 4.39 Å². The fourth-order valence-electron chi connectivity index (χ4n) is 2.09. The molecule has 4 nitrogen and oxygen atoms in total. The number of carbonyl (C=O) groups is 1. The van der Waals surface area contributed by atoms with Crippen LogP contribution in [0.5, 0.6) is 11.5 Å². The number of alkyl halides is 1. The van der Waals surface area contributed by atoms with E-state index in [9.17, 15) is 19.4 Å². The van der Waals surface area contributed by atoms with Crippen molar-refractivity contribution in [3.63, 3.8) is 0 Å². The number of phenols is 2. The number of aromatic hydroxyl groups is 2. The highest BCUT2D eigenvalue weighted by Gasteiger charge is 2.05. The highest BCUT2D eigenvalue weighted by atomic mass is 19.1. The van der Waals surface area contributed by atoms with Gasteiger partial charge in [0.2, 0.25) is 5.91 Å². The fourth-order valence-corrected chi connectivity index (χ4v) is 2.09. The first kappa shape index (κ1) is 15.8. The summed E-state index contributed by atoms with van der Waals surface area (Å²) >= 11 is 0.